The Morgan fingerprint density at radius 1 is 1.31 bits per heavy atom. The van der Waals surface area contributed by atoms with E-state index >= 15 is 0 Å². The van der Waals surface area contributed by atoms with E-state index in [0.717, 1.165) is 18.7 Å². The van der Waals surface area contributed by atoms with Crippen LogP contribution in [0, 0.1) is 0 Å². The molecule has 84 valence electrons. The second-order valence-electron chi connectivity index (χ2n) is 3.82. The van der Waals surface area contributed by atoms with Gasteiger partial charge in [-0.2, -0.15) is 0 Å². The van der Waals surface area contributed by atoms with Gasteiger partial charge in [0.2, 0.25) is 0 Å². The standard InChI is InChI=1S/C13H16N2S/c1-11(13-9-16-10-15-13)14-8-7-12-5-3-2-4-6-12/h2-6,9-11,14H,7-8H2,1H3. The van der Waals surface area contributed by atoms with Crippen molar-refractivity contribution < 1.29 is 0 Å². The second kappa shape index (κ2) is 5.77. The van der Waals surface area contributed by atoms with Crippen molar-refractivity contribution in [2.75, 3.05) is 6.54 Å². The number of benzene rings is 1. The molecule has 2 nitrogen and oxygen atoms in total. The van der Waals surface area contributed by atoms with E-state index in [2.05, 4.69) is 52.9 Å². The molecule has 1 N–H and O–H groups in total. The largest absolute Gasteiger partial charge is 0.308 e. The zero-order valence-electron chi connectivity index (χ0n) is 9.39. The predicted octanol–water partition coefficient (Wildman–Crippen LogP) is 3.04. The topological polar surface area (TPSA) is 24.9 Å². The summed E-state index contributed by atoms with van der Waals surface area (Å²) in [7, 11) is 0. The third-order valence-corrected chi connectivity index (χ3v) is 3.21. The van der Waals surface area contributed by atoms with Gasteiger partial charge in [-0.05, 0) is 25.5 Å². The molecule has 0 aliphatic carbocycles. The maximum absolute atomic E-state index is 4.30. The molecule has 1 aromatic carbocycles. The summed E-state index contributed by atoms with van der Waals surface area (Å²) in [5.41, 5.74) is 4.39. The molecule has 0 aliphatic rings. The molecule has 1 aromatic heterocycles. The summed E-state index contributed by atoms with van der Waals surface area (Å²) in [6, 6.07) is 10.9. The van der Waals surface area contributed by atoms with Crippen LogP contribution in [0.25, 0.3) is 0 Å². The first kappa shape index (κ1) is 11.3. The normalized spacial score (nSPS) is 12.6. The van der Waals surface area contributed by atoms with Gasteiger partial charge >= 0.3 is 0 Å². The van der Waals surface area contributed by atoms with E-state index in [-0.39, 0.29) is 0 Å². The van der Waals surface area contributed by atoms with Gasteiger partial charge < -0.3 is 5.32 Å². The average Bonchev–Trinajstić information content (AvgIpc) is 2.84. The smallest absolute Gasteiger partial charge is 0.0795 e. The summed E-state index contributed by atoms with van der Waals surface area (Å²) in [6.07, 6.45) is 1.06. The van der Waals surface area contributed by atoms with Crippen LogP contribution >= 0.6 is 11.3 Å². The van der Waals surface area contributed by atoms with Crippen molar-refractivity contribution in [3.05, 3.63) is 52.5 Å². The number of aromatic nitrogens is 1. The highest BCUT2D eigenvalue weighted by molar-refractivity contribution is 7.07. The van der Waals surface area contributed by atoms with Crippen molar-refractivity contribution in [3.8, 4) is 0 Å². The maximum atomic E-state index is 4.30. The van der Waals surface area contributed by atoms with Gasteiger partial charge in [-0.15, -0.1) is 11.3 Å². The summed E-state index contributed by atoms with van der Waals surface area (Å²) >= 11 is 1.65. The Labute approximate surface area is 100 Å². The van der Waals surface area contributed by atoms with E-state index < -0.39 is 0 Å². The Morgan fingerprint density at radius 2 is 2.12 bits per heavy atom. The van der Waals surface area contributed by atoms with Crippen molar-refractivity contribution in [1.29, 1.82) is 0 Å². The van der Waals surface area contributed by atoms with Gasteiger partial charge in [0.15, 0.2) is 0 Å². The molecule has 16 heavy (non-hydrogen) atoms. The van der Waals surface area contributed by atoms with Crippen LogP contribution in [0.1, 0.15) is 24.2 Å². The fraction of sp³-hybridized carbons (Fsp3) is 0.308. The molecular weight excluding hydrogens is 216 g/mol. The van der Waals surface area contributed by atoms with Crippen LogP contribution in [0.15, 0.2) is 41.2 Å². The molecule has 0 radical (unpaired) electrons. The quantitative estimate of drug-likeness (QED) is 0.857. The maximum Gasteiger partial charge on any atom is 0.0795 e. The Kier molecular flexibility index (Phi) is 4.08. The molecule has 2 rings (SSSR count). The van der Waals surface area contributed by atoms with Gasteiger partial charge in [-0.1, -0.05) is 30.3 Å². The van der Waals surface area contributed by atoms with Crippen LogP contribution < -0.4 is 5.32 Å². The molecular formula is C13H16N2S. The molecule has 3 heteroatoms. The molecule has 1 unspecified atom stereocenters. The minimum absolute atomic E-state index is 0.343. The zero-order valence-corrected chi connectivity index (χ0v) is 10.2. The Bertz CT molecular complexity index is 397. The Morgan fingerprint density at radius 3 is 2.81 bits per heavy atom. The fourth-order valence-corrected chi connectivity index (χ4v) is 2.27. The predicted molar refractivity (Wildman–Crippen MR) is 68.7 cm³/mol. The Hall–Kier alpha value is -1.19. The van der Waals surface area contributed by atoms with Gasteiger partial charge in [-0.3, -0.25) is 0 Å². The molecule has 1 atom stereocenters. The van der Waals surface area contributed by atoms with Crippen molar-refractivity contribution >= 4 is 11.3 Å². The number of thiazole rings is 1. The van der Waals surface area contributed by atoms with Gasteiger partial charge in [0.05, 0.1) is 11.2 Å². The molecule has 1 heterocycles. The molecule has 0 spiro atoms. The highest BCUT2D eigenvalue weighted by atomic mass is 32.1. The highest BCUT2D eigenvalue weighted by Gasteiger charge is 2.05. The molecule has 0 aliphatic heterocycles. The van der Waals surface area contributed by atoms with E-state index in [1.54, 1.807) is 11.3 Å². The van der Waals surface area contributed by atoms with Gasteiger partial charge in [0.25, 0.3) is 0 Å². The van der Waals surface area contributed by atoms with E-state index in [0.29, 0.717) is 6.04 Å². The van der Waals surface area contributed by atoms with E-state index in [4.69, 9.17) is 0 Å². The molecule has 0 bridgehead atoms. The lowest BCUT2D eigenvalue weighted by molar-refractivity contribution is 0.566. The van der Waals surface area contributed by atoms with Crippen LogP contribution in [-0.4, -0.2) is 11.5 Å². The average molecular weight is 232 g/mol. The van der Waals surface area contributed by atoms with Crippen LogP contribution in [0.3, 0.4) is 0 Å². The lowest BCUT2D eigenvalue weighted by Gasteiger charge is -2.11. The summed E-state index contributed by atoms with van der Waals surface area (Å²) < 4.78 is 0. The first-order chi connectivity index (χ1) is 7.86. The van der Waals surface area contributed by atoms with E-state index in [1.807, 2.05) is 5.51 Å². The summed E-state index contributed by atoms with van der Waals surface area (Å²) in [5.74, 6) is 0. The third kappa shape index (κ3) is 3.15. The first-order valence-electron chi connectivity index (χ1n) is 5.51. The van der Waals surface area contributed by atoms with E-state index in [1.165, 1.54) is 5.56 Å². The third-order valence-electron chi connectivity index (χ3n) is 2.60. The number of nitrogens with zero attached hydrogens (tertiary/aromatic N) is 1. The summed E-state index contributed by atoms with van der Waals surface area (Å²) in [5, 5.41) is 5.58. The minimum Gasteiger partial charge on any atom is -0.308 e. The monoisotopic (exact) mass is 232 g/mol. The SMILES string of the molecule is CC(NCCc1ccccc1)c1cscn1. The van der Waals surface area contributed by atoms with Crippen molar-refractivity contribution in [1.82, 2.24) is 10.3 Å². The zero-order chi connectivity index (χ0) is 11.2. The van der Waals surface area contributed by atoms with Crippen LogP contribution in [-0.2, 0) is 6.42 Å². The second-order valence-corrected chi connectivity index (χ2v) is 4.54. The molecule has 2 aromatic rings. The number of hydrogen-bond acceptors (Lipinski definition) is 3. The van der Waals surface area contributed by atoms with Gasteiger partial charge in [-0.25, -0.2) is 4.98 Å². The number of nitrogens with one attached hydrogen (secondary N) is 1. The minimum atomic E-state index is 0.343. The van der Waals surface area contributed by atoms with E-state index in [9.17, 15) is 0 Å². The van der Waals surface area contributed by atoms with Crippen molar-refractivity contribution in [2.45, 2.75) is 19.4 Å². The van der Waals surface area contributed by atoms with Crippen LogP contribution in [0.2, 0.25) is 0 Å². The van der Waals surface area contributed by atoms with Gasteiger partial charge in [0, 0.05) is 11.4 Å². The lowest BCUT2D eigenvalue weighted by Crippen LogP contribution is -2.21. The number of rotatable bonds is 5. The molecule has 0 saturated heterocycles. The van der Waals surface area contributed by atoms with Crippen LogP contribution in [0.4, 0.5) is 0 Å². The highest BCUT2D eigenvalue weighted by Crippen LogP contribution is 2.11. The summed E-state index contributed by atoms with van der Waals surface area (Å²) in [6.45, 7) is 3.14. The van der Waals surface area contributed by atoms with Crippen LogP contribution in [0.5, 0.6) is 0 Å². The van der Waals surface area contributed by atoms with Crippen molar-refractivity contribution in [3.63, 3.8) is 0 Å². The van der Waals surface area contributed by atoms with Gasteiger partial charge in [0.1, 0.15) is 0 Å². The fourth-order valence-electron chi connectivity index (χ4n) is 1.62. The molecule has 0 fully saturated rings. The Balaban J connectivity index is 1.76. The molecule has 0 saturated carbocycles. The number of hydrogen-bond donors (Lipinski definition) is 1. The van der Waals surface area contributed by atoms with Crippen molar-refractivity contribution in [2.24, 2.45) is 0 Å². The first-order valence-corrected chi connectivity index (χ1v) is 6.46. The summed E-state index contributed by atoms with van der Waals surface area (Å²) in [4.78, 5) is 4.30. The lowest BCUT2D eigenvalue weighted by atomic mass is 10.1. The molecule has 0 amide bonds.